The number of amides is 1. The van der Waals surface area contributed by atoms with Crippen LogP contribution < -0.4 is 20.3 Å². The Balaban J connectivity index is 0.00000300. The van der Waals surface area contributed by atoms with Crippen molar-refractivity contribution in [2.24, 2.45) is 4.99 Å². The molecule has 0 unspecified atom stereocenters. The van der Waals surface area contributed by atoms with Crippen LogP contribution in [0.5, 0.6) is 5.75 Å². The van der Waals surface area contributed by atoms with Crippen molar-refractivity contribution in [3.8, 4) is 5.75 Å². The van der Waals surface area contributed by atoms with E-state index in [9.17, 15) is 4.79 Å². The summed E-state index contributed by atoms with van der Waals surface area (Å²) in [6.07, 6.45) is 1.89. The Morgan fingerprint density at radius 1 is 1.17 bits per heavy atom. The minimum Gasteiger partial charge on any atom is -0.482 e. The molecule has 1 aliphatic heterocycles. The molecule has 0 radical (unpaired) electrons. The summed E-state index contributed by atoms with van der Waals surface area (Å²) in [7, 11) is 0. The third kappa shape index (κ3) is 6.60. The second-order valence-electron chi connectivity index (χ2n) is 6.50. The lowest BCUT2D eigenvalue weighted by Gasteiger charge is -2.29. The first-order valence-corrected chi connectivity index (χ1v) is 10.6. The maximum Gasteiger partial charge on any atom is 0.265 e. The molecule has 2 heterocycles. The number of benzene rings is 1. The molecule has 0 aliphatic carbocycles. The standard InChI is InChI=1S/C21H28N4O2S.HI/c1-3-16-10-11-17(28-16)14-24-21(22-4-2)23-12-7-13-25-18-8-5-6-9-19(18)27-15-20(25)26;/h5-6,8-11H,3-4,7,12-15H2,1-2H3,(H2,22,23,24);1H. The van der Waals surface area contributed by atoms with Gasteiger partial charge in [0.25, 0.3) is 5.91 Å². The van der Waals surface area contributed by atoms with Crippen LogP contribution in [0, 0.1) is 0 Å². The van der Waals surface area contributed by atoms with Gasteiger partial charge < -0.3 is 20.3 Å². The number of aryl methyl sites for hydroxylation is 1. The van der Waals surface area contributed by atoms with E-state index in [0.717, 1.165) is 43.3 Å². The smallest absolute Gasteiger partial charge is 0.265 e. The minimum atomic E-state index is 0. The van der Waals surface area contributed by atoms with E-state index < -0.39 is 0 Å². The van der Waals surface area contributed by atoms with Crippen LogP contribution in [0.15, 0.2) is 41.4 Å². The van der Waals surface area contributed by atoms with Gasteiger partial charge >= 0.3 is 0 Å². The number of guanidine groups is 1. The van der Waals surface area contributed by atoms with E-state index in [4.69, 9.17) is 4.74 Å². The Hall–Kier alpha value is -1.81. The van der Waals surface area contributed by atoms with Gasteiger partial charge in [0.2, 0.25) is 0 Å². The highest BCUT2D eigenvalue weighted by Crippen LogP contribution is 2.31. The number of carbonyl (C=O) groups excluding carboxylic acids is 1. The van der Waals surface area contributed by atoms with E-state index >= 15 is 0 Å². The van der Waals surface area contributed by atoms with E-state index in [0.29, 0.717) is 13.1 Å². The summed E-state index contributed by atoms with van der Waals surface area (Å²) in [5.41, 5.74) is 0.851. The number of carbonyl (C=O) groups is 1. The van der Waals surface area contributed by atoms with Crippen LogP contribution in [0.1, 0.15) is 30.0 Å². The Bertz CT molecular complexity index is 825. The second kappa shape index (κ2) is 12.0. The number of anilines is 1. The average Bonchev–Trinajstić information content (AvgIpc) is 3.18. The predicted octanol–water partition coefficient (Wildman–Crippen LogP) is 3.80. The molecule has 0 spiro atoms. The third-order valence-corrected chi connectivity index (χ3v) is 5.68. The molecule has 8 heteroatoms. The van der Waals surface area contributed by atoms with Crippen LogP contribution in [0.3, 0.4) is 0 Å². The number of para-hydroxylation sites is 2. The summed E-state index contributed by atoms with van der Waals surface area (Å²) >= 11 is 1.82. The van der Waals surface area contributed by atoms with Crippen molar-refractivity contribution in [2.75, 3.05) is 31.1 Å². The van der Waals surface area contributed by atoms with Gasteiger partial charge in [0.05, 0.1) is 12.2 Å². The molecule has 1 aliphatic rings. The molecule has 0 saturated heterocycles. The van der Waals surface area contributed by atoms with Gasteiger partial charge in [-0.25, -0.2) is 4.99 Å². The molecule has 158 valence electrons. The topological polar surface area (TPSA) is 66.0 Å². The highest BCUT2D eigenvalue weighted by atomic mass is 127. The number of nitrogens with one attached hydrogen (secondary N) is 2. The fourth-order valence-electron chi connectivity index (χ4n) is 3.04. The fraction of sp³-hybridized carbons (Fsp3) is 0.429. The number of aliphatic imine (C=N–C) groups is 1. The van der Waals surface area contributed by atoms with Crippen LogP contribution in [-0.4, -0.2) is 38.1 Å². The van der Waals surface area contributed by atoms with Crippen LogP contribution in [-0.2, 0) is 17.8 Å². The Kier molecular flexibility index (Phi) is 9.72. The molecule has 0 bridgehead atoms. The van der Waals surface area contributed by atoms with E-state index in [1.54, 1.807) is 0 Å². The van der Waals surface area contributed by atoms with E-state index in [1.165, 1.54) is 9.75 Å². The summed E-state index contributed by atoms with van der Waals surface area (Å²) in [4.78, 5) is 21.4. The van der Waals surface area contributed by atoms with Gasteiger partial charge in [-0.1, -0.05) is 19.1 Å². The average molecular weight is 528 g/mol. The highest BCUT2D eigenvalue weighted by Gasteiger charge is 2.24. The first-order valence-electron chi connectivity index (χ1n) is 9.83. The number of rotatable bonds is 8. The van der Waals surface area contributed by atoms with Gasteiger partial charge in [0.1, 0.15) is 5.75 Å². The number of halogens is 1. The number of thiophene rings is 1. The first kappa shape index (κ1) is 23.5. The second-order valence-corrected chi connectivity index (χ2v) is 7.75. The van der Waals surface area contributed by atoms with Crippen LogP contribution >= 0.6 is 35.3 Å². The molecule has 2 N–H and O–H groups in total. The van der Waals surface area contributed by atoms with Crippen LogP contribution in [0.25, 0.3) is 0 Å². The Labute approximate surface area is 193 Å². The van der Waals surface area contributed by atoms with E-state index in [1.807, 2.05) is 40.5 Å². The van der Waals surface area contributed by atoms with Gasteiger partial charge in [0.15, 0.2) is 12.6 Å². The summed E-state index contributed by atoms with van der Waals surface area (Å²) in [5.74, 6) is 1.58. The monoisotopic (exact) mass is 528 g/mol. The van der Waals surface area contributed by atoms with Crippen molar-refractivity contribution >= 4 is 52.9 Å². The number of ether oxygens (including phenoxy) is 1. The Morgan fingerprint density at radius 3 is 2.72 bits per heavy atom. The SMILES string of the molecule is CCNC(=NCc1ccc(CC)s1)NCCCN1C(=O)COc2ccccc21.I. The van der Waals surface area contributed by atoms with Crippen LogP contribution in [0.4, 0.5) is 5.69 Å². The zero-order chi connectivity index (χ0) is 19.8. The lowest BCUT2D eigenvalue weighted by Crippen LogP contribution is -2.42. The highest BCUT2D eigenvalue weighted by molar-refractivity contribution is 14.0. The summed E-state index contributed by atoms with van der Waals surface area (Å²) in [5, 5.41) is 6.64. The lowest BCUT2D eigenvalue weighted by atomic mass is 10.2. The maximum atomic E-state index is 12.2. The number of hydrogen-bond acceptors (Lipinski definition) is 4. The van der Waals surface area contributed by atoms with E-state index in [2.05, 4.69) is 41.6 Å². The quantitative estimate of drug-likeness (QED) is 0.237. The van der Waals surface area contributed by atoms with Gasteiger partial charge in [-0.2, -0.15) is 0 Å². The molecule has 6 nitrogen and oxygen atoms in total. The molecule has 1 aromatic heterocycles. The molecular formula is C21H29IN4O2S. The number of hydrogen-bond donors (Lipinski definition) is 2. The summed E-state index contributed by atoms with van der Waals surface area (Å²) in [6.45, 7) is 7.21. The van der Waals surface area contributed by atoms with Crippen molar-refractivity contribution < 1.29 is 9.53 Å². The van der Waals surface area contributed by atoms with Gasteiger partial charge in [-0.3, -0.25) is 4.79 Å². The molecule has 0 saturated carbocycles. The summed E-state index contributed by atoms with van der Waals surface area (Å²) < 4.78 is 5.49. The fourth-order valence-corrected chi connectivity index (χ4v) is 3.92. The van der Waals surface area contributed by atoms with Crippen molar-refractivity contribution in [2.45, 2.75) is 33.2 Å². The van der Waals surface area contributed by atoms with E-state index in [-0.39, 0.29) is 36.5 Å². The molecule has 29 heavy (non-hydrogen) atoms. The van der Waals surface area contributed by atoms with Crippen LogP contribution in [0.2, 0.25) is 0 Å². The Morgan fingerprint density at radius 2 is 1.97 bits per heavy atom. The predicted molar refractivity (Wildman–Crippen MR) is 131 cm³/mol. The van der Waals surface area contributed by atoms with Crippen molar-refractivity contribution in [3.05, 3.63) is 46.2 Å². The third-order valence-electron chi connectivity index (χ3n) is 4.46. The zero-order valence-corrected chi connectivity index (χ0v) is 20.1. The number of nitrogens with zero attached hydrogens (tertiary/aromatic N) is 2. The van der Waals surface area contributed by atoms with Gasteiger partial charge in [-0.15, -0.1) is 35.3 Å². The molecule has 0 fully saturated rings. The molecule has 2 aromatic rings. The van der Waals surface area contributed by atoms with Gasteiger partial charge in [-0.05, 0) is 44.0 Å². The maximum absolute atomic E-state index is 12.2. The molecule has 1 aromatic carbocycles. The molecule has 0 atom stereocenters. The molecule has 1 amide bonds. The minimum absolute atomic E-state index is 0. The zero-order valence-electron chi connectivity index (χ0n) is 16.9. The number of fused-ring (bicyclic) bond motifs is 1. The normalized spacial score (nSPS) is 13.4. The largest absolute Gasteiger partial charge is 0.482 e. The van der Waals surface area contributed by atoms with Crippen molar-refractivity contribution in [1.29, 1.82) is 0 Å². The van der Waals surface area contributed by atoms with Crippen molar-refractivity contribution in [3.63, 3.8) is 0 Å². The van der Waals surface area contributed by atoms with Crippen molar-refractivity contribution in [1.82, 2.24) is 10.6 Å². The first-order chi connectivity index (χ1) is 13.7. The van der Waals surface area contributed by atoms with Gasteiger partial charge in [0, 0.05) is 29.4 Å². The molecule has 3 rings (SSSR count). The lowest BCUT2D eigenvalue weighted by molar-refractivity contribution is -0.121. The summed E-state index contributed by atoms with van der Waals surface area (Å²) in [6, 6.07) is 12.0. The molecular weight excluding hydrogens is 499 g/mol.